The zero-order valence-electron chi connectivity index (χ0n) is 19.8. The second-order valence-electron chi connectivity index (χ2n) is 9.31. The van der Waals surface area contributed by atoms with Gasteiger partial charge in [0.2, 0.25) is 5.91 Å². The fourth-order valence-electron chi connectivity index (χ4n) is 5.51. The monoisotopic (exact) mass is 450 g/mol. The van der Waals surface area contributed by atoms with E-state index in [9.17, 15) is 14.7 Å². The Balaban J connectivity index is 1.71. The van der Waals surface area contributed by atoms with Crippen LogP contribution in [0.3, 0.4) is 0 Å². The van der Waals surface area contributed by atoms with Gasteiger partial charge in [-0.1, -0.05) is 37.3 Å². The van der Waals surface area contributed by atoms with Crippen LogP contribution in [0.1, 0.15) is 54.0 Å². The molecule has 1 aliphatic carbocycles. The van der Waals surface area contributed by atoms with Gasteiger partial charge in [-0.15, -0.1) is 0 Å². The van der Waals surface area contributed by atoms with Crippen molar-refractivity contribution in [3.8, 4) is 5.75 Å². The molecule has 1 N–H and O–H groups in total. The average Bonchev–Trinajstić information content (AvgIpc) is 3.43. The molecule has 6 heteroatoms. The van der Waals surface area contributed by atoms with Crippen molar-refractivity contribution in [2.24, 2.45) is 5.92 Å². The third-order valence-corrected chi connectivity index (χ3v) is 7.21. The first-order chi connectivity index (χ1) is 15.9. The zero-order valence-corrected chi connectivity index (χ0v) is 19.8. The molecular formula is C27H34N2O4. The minimum Gasteiger partial charge on any atom is -0.497 e. The highest BCUT2D eigenvalue weighted by molar-refractivity contribution is 5.79. The van der Waals surface area contributed by atoms with Crippen molar-refractivity contribution in [2.75, 3.05) is 33.8 Å². The van der Waals surface area contributed by atoms with Crippen molar-refractivity contribution in [2.45, 2.75) is 44.6 Å². The van der Waals surface area contributed by atoms with Crippen molar-refractivity contribution < 1.29 is 19.4 Å². The molecule has 0 saturated carbocycles. The Bertz CT molecular complexity index is 1000. The number of carbonyl (C=O) groups excluding carboxylic acids is 1. The van der Waals surface area contributed by atoms with Crippen LogP contribution in [-0.4, -0.2) is 60.6 Å². The molecule has 1 amide bonds. The first kappa shape index (κ1) is 23.3. The lowest BCUT2D eigenvalue weighted by atomic mass is 9.82. The number of likely N-dealkylation sites (N-methyl/N-ethyl adjacent to an activating group) is 1. The molecule has 2 aromatic rings. The number of aryl methyl sites for hydroxylation is 2. The predicted molar refractivity (Wildman–Crippen MR) is 128 cm³/mol. The summed E-state index contributed by atoms with van der Waals surface area (Å²) >= 11 is 0. The Hall–Kier alpha value is -2.86. The van der Waals surface area contributed by atoms with Crippen molar-refractivity contribution in [3.05, 3.63) is 64.7 Å². The number of nitrogens with zero attached hydrogens (tertiary/aromatic N) is 2. The maximum Gasteiger partial charge on any atom is 0.309 e. The summed E-state index contributed by atoms with van der Waals surface area (Å²) in [6, 6.07) is 13.7. The molecule has 2 aliphatic rings. The molecule has 0 aromatic heterocycles. The summed E-state index contributed by atoms with van der Waals surface area (Å²) in [5.74, 6) is -0.886. The molecule has 3 atom stereocenters. The summed E-state index contributed by atoms with van der Waals surface area (Å²) in [5, 5.41) is 10.4. The quantitative estimate of drug-likeness (QED) is 0.661. The van der Waals surface area contributed by atoms with Gasteiger partial charge in [-0.05, 0) is 60.1 Å². The summed E-state index contributed by atoms with van der Waals surface area (Å²) < 4.78 is 5.30. The smallest absolute Gasteiger partial charge is 0.309 e. The fourth-order valence-corrected chi connectivity index (χ4v) is 5.51. The average molecular weight is 451 g/mol. The zero-order chi connectivity index (χ0) is 23.5. The van der Waals surface area contributed by atoms with Crippen LogP contribution in [-0.2, 0) is 22.4 Å². The van der Waals surface area contributed by atoms with Crippen LogP contribution in [0, 0.1) is 5.92 Å². The maximum atomic E-state index is 13.0. The number of hydrogen-bond acceptors (Lipinski definition) is 4. The van der Waals surface area contributed by atoms with Crippen LogP contribution in [0.15, 0.2) is 42.5 Å². The Morgan fingerprint density at radius 2 is 1.79 bits per heavy atom. The van der Waals surface area contributed by atoms with Gasteiger partial charge in [0, 0.05) is 32.1 Å². The Morgan fingerprint density at radius 1 is 1.09 bits per heavy atom. The van der Waals surface area contributed by atoms with E-state index in [4.69, 9.17) is 4.74 Å². The van der Waals surface area contributed by atoms with E-state index in [1.807, 2.05) is 38.2 Å². The minimum absolute atomic E-state index is 0.0223. The standard InChI is InChI=1S/C27H34N2O4/c1-4-14-28(2)24(30)17-29-16-23(21-9-8-18-6-5-7-20(18)15-21)25(27(31)32)26(29)19-10-12-22(33-3)13-11-19/h8-13,15,23,25-26H,4-7,14,16-17H2,1-3H3,(H,31,32). The van der Waals surface area contributed by atoms with E-state index in [2.05, 4.69) is 23.1 Å². The number of carboxylic acid groups (broad SMARTS) is 1. The minimum atomic E-state index is -0.821. The number of methoxy groups -OCH3 is 1. The van der Waals surface area contributed by atoms with Crippen LogP contribution in [0.2, 0.25) is 0 Å². The first-order valence-corrected chi connectivity index (χ1v) is 11.9. The number of carboxylic acids is 1. The third-order valence-electron chi connectivity index (χ3n) is 7.21. The molecule has 33 heavy (non-hydrogen) atoms. The number of ether oxygens (including phenoxy) is 1. The number of fused-ring (bicyclic) bond motifs is 1. The lowest BCUT2D eigenvalue weighted by Crippen LogP contribution is -2.39. The molecule has 0 radical (unpaired) electrons. The van der Waals surface area contributed by atoms with Crippen LogP contribution in [0.25, 0.3) is 0 Å². The van der Waals surface area contributed by atoms with Crippen LogP contribution >= 0.6 is 0 Å². The van der Waals surface area contributed by atoms with Gasteiger partial charge in [0.15, 0.2) is 0 Å². The predicted octanol–water partition coefficient (Wildman–Crippen LogP) is 3.89. The van der Waals surface area contributed by atoms with Gasteiger partial charge < -0.3 is 14.7 Å². The van der Waals surface area contributed by atoms with Crippen LogP contribution in [0.5, 0.6) is 5.75 Å². The van der Waals surface area contributed by atoms with Crippen LogP contribution < -0.4 is 4.74 Å². The first-order valence-electron chi connectivity index (χ1n) is 11.9. The lowest BCUT2D eigenvalue weighted by molar-refractivity contribution is -0.143. The van der Waals surface area contributed by atoms with E-state index in [1.165, 1.54) is 11.1 Å². The van der Waals surface area contributed by atoms with E-state index in [-0.39, 0.29) is 24.4 Å². The third kappa shape index (κ3) is 4.76. The summed E-state index contributed by atoms with van der Waals surface area (Å²) in [7, 11) is 3.43. The molecule has 176 valence electrons. The molecule has 3 unspecified atom stereocenters. The van der Waals surface area contributed by atoms with Crippen molar-refractivity contribution in [1.29, 1.82) is 0 Å². The highest BCUT2D eigenvalue weighted by Crippen LogP contribution is 2.46. The maximum absolute atomic E-state index is 13.0. The molecule has 1 fully saturated rings. The molecule has 4 rings (SSSR count). The van der Waals surface area contributed by atoms with E-state index in [0.717, 1.165) is 42.6 Å². The number of amides is 1. The fraction of sp³-hybridized carbons (Fsp3) is 0.481. The van der Waals surface area contributed by atoms with E-state index in [1.54, 1.807) is 12.0 Å². The molecule has 1 saturated heterocycles. The van der Waals surface area contributed by atoms with Gasteiger partial charge in [-0.25, -0.2) is 0 Å². The second kappa shape index (κ2) is 9.96. The summed E-state index contributed by atoms with van der Waals surface area (Å²) in [6.07, 6.45) is 4.20. The van der Waals surface area contributed by atoms with Gasteiger partial charge in [-0.2, -0.15) is 0 Å². The van der Waals surface area contributed by atoms with E-state index < -0.39 is 11.9 Å². The number of likely N-dealkylation sites (tertiary alicyclic amines) is 1. The molecular weight excluding hydrogens is 416 g/mol. The van der Waals surface area contributed by atoms with Gasteiger partial charge >= 0.3 is 5.97 Å². The Morgan fingerprint density at radius 3 is 2.45 bits per heavy atom. The molecule has 0 spiro atoms. The molecule has 6 nitrogen and oxygen atoms in total. The number of aliphatic carboxylic acids is 1. The largest absolute Gasteiger partial charge is 0.497 e. The second-order valence-corrected chi connectivity index (χ2v) is 9.31. The van der Waals surface area contributed by atoms with Crippen molar-refractivity contribution in [3.63, 3.8) is 0 Å². The van der Waals surface area contributed by atoms with Gasteiger partial charge in [-0.3, -0.25) is 14.5 Å². The van der Waals surface area contributed by atoms with Gasteiger partial charge in [0.1, 0.15) is 5.75 Å². The normalized spacial score (nSPS) is 22.2. The molecule has 0 bridgehead atoms. The number of rotatable bonds is 8. The van der Waals surface area contributed by atoms with E-state index in [0.29, 0.717) is 13.1 Å². The molecule has 1 aliphatic heterocycles. The Kier molecular flexibility index (Phi) is 7.03. The number of benzene rings is 2. The van der Waals surface area contributed by atoms with Crippen LogP contribution in [0.4, 0.5) is 0 Å². The SMILES string of the molecule is CCCN(C)C(=O)CN1CC(c2ccc3c(c2)CCC3)C(C(=O)O)C1c1ccc(OC)cc1. The molecule has 1 heterocycles. The van der Waals surface area contributed by atoms with Crippen molar-refractivity contribution >= 4 is 11.9 Å². The highest BCUT2D eigenvalue weighted by Gasteiger charge is 2.48. The van der Waals surface area contributed by atoms with Crippen molar-refractivity contribution in [1.82, 2.24) is 9.80 Å². The molecule has 2 aromatic carbocycles. The number of carbonyl (C=O) groups is 2. The van der Waals surface area contributed by atoms with Gasteiger partial charge in [0.25, 0.3) is 0 Å². The summed E-state index contributed by atoms with van der Waals surface area (Å²) in [5.41, 5.74) is 4.69. The topological polar surface area (TPSA) is 70.1 Å². The lowest BCUT2D eigenvalue weighted by Gasteiger charge is -2.28. The summed E-state index contributed by atoms with van der Waals surface area (Å²) in [4.78, 5) is 29.4. The highest BCUT2D eigenvalue weighted by atomic mass is 16.5. The van der Waals surface area contributed by atoms with E-state index >= 15 is 0 Å². The van der Waals surface area contributed by atoms with Gasteiger partial charge in [0.05, 0.1) is 19.6 Å². The number of hydrogen-bond donors (Lipinski definition) is 1. The summed E-state index contributed by atoms with van der Waals surface area (Å²) in [6.45, 7) is 3.48. The Labute approximate surface area is 196 Å².